The predicted molar refractivity (Wildman–Crippen MR) is 25.2 cm³/mol. The van der Waals surface area contributed by atoms with Crippen LogP contribution in [0.1, 0.15) is 7.43 Å². The number of hydrogen-bond acceptors (Lipinski definition) is 0. The second-order valence-corrected chi connectivity index (χ2v) is 0. The van der Waals surface area contributed by atoms with Crippen LogP contribution in [0, 0.1) is 0 Å². The smallest absolute Gasteiger partial charge is 0 e. The monoisotopic (exact) mass is 232 g/mol. The first-order valence-electron chi connectivity index (χ1n) is 0. The van der Waals surface area contributed by atoms with Gasteiger partial charge in [-0.2, -0.15) is 0 Å². The topological polar surface area (TPSA) is 0 Å². The molecule has 0 amide bonds. The van der Waals surface area contributed by atoms with Gasteiger partial charge in [0, 0.05) is 19.5 Å². The quantitative estimate of drug-likeness (QED) is 0.447. The summed E-state index contributed by atoms with van der Waals surface area (Å²) in [6.07, 6.45) is 0. The fraction of sp³-hybridized carbons (Fsp3) is 1.00. The van der Waals surface area contributed by atoms with Gasteiger partial charge in [-0.05, 0) is 0 Å². The molecule has 3 heteroatoms. The van der Waals surface area contributed by atoms with E-state index in [-0.39, 0.29) is 68.2 Å². The van der Waals surface area contributed by atoms with Crippen molar-refractivity contribution in [2.75, 3.05) is 0 Å². The van der Waals surface area contributed by atoms with Crippen molar-refractivity contribution in [3.63, 3.8) is 0 Å². The third-order valence-electron chi connectivity index (χ3n) is 0. The molecule has 0 unspecified atom stereocenters. The van der Waals surface area contributed by atoms with Gasteiger partial charge < -0.3 is 0 Å². The first-order chi connectivity index (χ1) is 0. The van der Waals surface area contributed by atoms with Crippen LogP contribution >= 0.6 is 0 Å². The van der Waals surface area contributed by atoms with Crippen LogP contribution in [0.25, 0.3) is 0 Å². The molecule has 0 aliphatic carbocycles. The van der Waals surface area contributed by atoms with E-state index in [1.807, 2.05) is 0 Å². The second-order valence-electron chi connectivity index (χ2n) is 0. The standard InChI is InChI=1S/CH4.Al.Sn.Zn.5H/h1H4;;;;;;;;. The molecule has 0 aliphatic heterocycles. The zero-order valence-electron chi connectivity index (χ0n) is 1.41. The largest absolute Gasteiger partial charge is 0 e. The molecule has 2 radical (unpaired) electrons. The van der Waals surface area contributed by atoms with Crippen LogP contribution in [0.5, 0.6) is 0 Å². The number of rotatable bonds is 0. The Morgan fingerprint density at radius 2 is 1.00 bits per heavy atom. The molecule has 0 aromatic carbocycles. The van der Waals surface area contributed by atoms with Crippen LogP contribution in [0.4, 0.5) is 0 Å². The van der Waals surface area contributed by atoms with E-state index in [0.29, 0.717) is 0 Å². The molecule has 0 atom stereocenters. The zero-order valence-corrected chi connectivity index (χ0v) is 8.42. The summed E-state index contributed by atoms with van der Waals surface area (Å²) in [7, 11) is 0. The van der Waals surface area contributed by atoms with Gasteiger partial charge in [0.15, 0.2) is 17.4 Å². The molecule has 0 N–H and O–H groups in total. The molecule has 0 rings (SSSR count). The molecule has 0 aromatic rings. The van der Waals surface area contributed by atoms with Crippen molar-refractivity contribution < 1.29 is 19.5 Å². The molecule has 0 saturated heterocycles. The zero-order chi connectivity index (χ0) is 0. The fourth-order valence-corrected chi connectivity index (χ4v) is 0. The molecular weight excluding hydrogens is 223 g/mol. The fourth-order valence-electron chi connectivity index (χ4n) is 0. The summed E-state index contributed by atoms with van der Waals surface area (Å²) in [5.74, 6) is 0. The molecule has 0 fully saturated rings. The molecule has 0 spiro atoms. The summed E-state index contributed by atoms with van der Waals surface area (Å²) in [4.78, 5) is 0. The van der Waals surface area contributed by atoms with Gasteiger partial charge in [-0.25, -0.2) is 0 Å². The summed E-state index contributed by atoms with van der Waals surface area (Å²) in [6, 6.07) is 0. The Kier molecular flexibility index (Phi) is 194. The molecule has 0 heterocycles. The Morgan fingerprint density at radius 3 is 1.00 bits per heavy atom. The SMILES string of the molecule is C.[AlH3].[SnH2].[Zn]. The average Bonchev–Trinajstić information content (AvgIpc) is 0. The maximum absolute atomic E-state index is 0. The Balaban J connectivity index is 0. The first kappa shape index (κ1) is 38.3. The van der Waals surface area contributed by atoms with E-state index in [1.165, 1.54) is 0 Å². The van der Waals surface area contributed by atoms with Gasteiger partial charge in [-0.15, -0.1) is 0 Å². The van der Waals surface area contributed by atoms with E-state index in [0.717, 1.165) is 0 Å². The van der Waals surface area contributed by atoms with Crippen molar-refractivity contribution in [3.05, 3.63) is 0 Å². The second kappa shape index (κ2) is 20.3. The molecule has 0 aromatic heterocycles. The third-order valence-corrected chi connectivity index (χ3v) is 0. The van der Waals surface area contributed by atoms with Crippen LogP contribution in [0.3, 0.4) is 0 Å². The van der Waals surface area contributed by atoms with Crippen LogP contribution in [-0.4, -0.2) is 41.3 Å². The van der Waals surface area contributed by atoms with Crippen molar-refractivity contribution in [2.45, 2.75) is 7.43 Å². The van der Waals surface area contributed by atoms with Gasteiger partial charge in [0.2, 0.25) is 0 Å². The van der Waals surface area contributed by atoms with Gasteiger partial charge in [-0.3, -0.25) is 0 Å². The molecule has 0 saturated carbocycles. The van der Waals surface area contributed by atoms with E-state index in [4.69, 9.17) is 0 Å². The van der Waals surface area contributed by atoms with Crippen molar-refractivity contribution in [3.8, 4) is 0 Å². The Hall–Kier alpha value is 1.95. The summed E-state index contributed by atoms with van der Waals surface area (Å²) in [5, 5.41) is 0. The van der Waals surface area contributed by atoms with E-state index in [9.17, 15) is 0 Å². The minimum atomic E-state index is 0. The average molecular weight is 232 g/mol. The molecule has 0 nitrogen and oxygen atoms in total. The minimum Gasteiger partial charge on any atom is 0 e. The molecule has 0 bridgehead atoms. The van der Waals surface area contributed by atoms with Crippen LogP contribution in [0.15, 0.2) is 0 Å². The van der Waals surface area contributed by atoms with Gasteiger partial charge >= 0.3 is 23.9 Å². The molecule has 22 valence electrons. The minimum absolute atomic E-state index is 0. The summed E-state index contributed by atoms with van der Waals surface area (Å²) >= 11 is 0. The van der Waals surface area contributed by atoms with Gasteiger partial charge in [0.25, 0.3) is 0 Å². The Labute approximate surface area is 67.6 Å². The Morgan fingerprint density at radius 1 is 1.00 bits per heavy atom. The van der Waals surface area contributed by atoms with Crippen molar-refractivity contribution in [1.82, 2.24) is 0 Å². The van der Waals surface area contributed by atoms with E-state index in [2.05, 4.69) is 0 Å². The van der Waals surface area contributed by atoms with Crippen molar-refractivity contribution in [1.29, 1.82) is 0 Å². The van der Waals surface area contributed by atoms with Crippen LogP contribution in [-0.2, 0) is 19.5 Å². The van der Waals surface area contributed by atoms with E-state index in [1.54, 1.807) is 0 Å². The van der Waals surface area contributed by atoms with Crippen LogP contribution < -0.4 is 0 Å². The predicted octanol–water partition coefficient (Wildman–Crippen LogP) is -1.47. The van der Waals surface area contributed by atoms with Crippen LogP contribution in [0.2, 0.25) is 0 Å². The normalized spacial score (nSPS) is 0. The van der Waals surface area contributed by atoms with Crippen molar-refractivity contribution >= 4 is 41.3 Å². The van der Waals surface area contributed by atoms with Gasteiger partial charge in [0.1, 0.15) is 0 Å². The van der Waals surface area contributed by atoms with E-state index >= 15 is 0 Å². The molecule has 0 aliphatic rings. The summed E-state index contributed by atoms with van der Waals surface area (Å²) in [6.45, 7) is 0. The Bertz CT molecular complexity index is 8.00. The number of hydrogen-bond donors (Lipinski definition) is 0. The maximum Gasteiger partial charge on any atom is 0 e. The summed E-state index contributed by atoms with van der Waals surface area (Å²) < 4.78 is 0. The van der Waals surface area contributed by atoms with Gasteiger partial charge in [0.05, 0.1) is 0 Å². The maximum atomic E-state index is 0. The molecular formula is CH9AlSnZn. The molecule has 4 heavy (non-hydrogen) atoms. The summed E-state index contributed by atoms with van der Waals surface area (Å²) in [5.41, 5.74) is 0. The van der Waals surface area contributed by atoms with Gasteiger partial charge in [-0.1, -0.05) is 7.43 Å². The third kappa shape index (κ3) is 9.04. The van der Waals surface area contributed by atoms with Crippen molar-refractivity contribution in [2.24, 2.45) is 0 Å². The first-order valence-corrected chi connectivity index (χ1v) is 0. The van der Waals surface area contributed by atoms with E-state index < -0.39 is 0 Å².